The molecular formula is C12H18N2O2S. The van der Waals surface area contributed by atoms with Gasteiger partial charge in [0.25, 0.3) is 0 Å². The molecule has 5 heteroatoms. The second-order valence-electron chi connectivity index (χ2n) is 5.30. The summed E-state index contributed by atoms with van der Waals surface area (Å²) in [6.07, 6.45) is 2.59. The predicted octanol–water partition coefficient (Wildman–Crippen LogP) is 1.93. The first-order valence-electron chi connectivity index (χ1n) is 5.81. The van der Waals surface area contributed by atoms with Crippen molar-refractivity contribution < 1.29 is 9.53 Å². The van der Waals surface area contributed by atoms with Crippen molar-refractivity contribution in [2.75, 3.05) is 6.54 Å². The zero-order valence-corrected chi connectivity index (χ0v) is 11.2. The molecule has 1 N–H and O–H groups in total. The minimum atomic E-state index is -0.419. The highest BCUT2D eigenvalue weighted by molar-refractivity contribution is 7.09. The maximum Gasteiger partial charge on any atom is 0.323 e. The molecular weight excluding hydrogens is 236 g/mol. The first-order chi connectivity index (χ1) is 7.96. The van der Waals surface area contributed by atoms with Gasteiger partial charge < -0.3 is 10.1 Å². The van der Waals surface area contributed by atoms with Crippen molar-refractivity contribution in [1.29, 1.82) is 0 Å². The van der Waals surface area contributed by atoms with E-state index >= 15 is 0 Å². The monoisotopic (exact) mass is 254 g/mol. The van der Waals surface area contributed by atoms with Crippen LogP contribution < -0.4 is 5.32 Å². The molecule has 2 atom stereocenters. The number of esters is 1. The van der Waals surface area contributed by atoms with Gasteiger partial charge >= 0.3 is 5.97 Å². The lowest BCUT2D eigenvalue weighted by Crippen LogP contribution is -2.37. The number of hydrogen-bond acceptors (Lipinski definition) is 5. The third kappa shape index (κ3) is 3.26. The topological polar surface area (TPSA) is 51.2 Å². The van der Waals surface area contributed by atoms with Crippen molar-refractivity contribution in [3.63, 3.8) is 0 Å². The average Bonchev–Trinajstić information content (AvgIpc) is 2.86. The van der Waals surface area contributed by atoms with Crippen molar-refractivity contribution in [2.24, 2.45) is 0 Å². The number of hydrogen-bond donors (Lipinski definition) is 1. The maximum atomic E-state index is 11.9. The van der Waals surface area contributed by atoms with Gasteiger partial charge in [0.1, 0.15) is 11.6 Å². The van der Waals surface area contributed by atoms with Crippen molar-refractivity contribution in [2.45, 2.75) is 44.8 Å². The summed E-state index contributed by atoms with van der Waals surface area (Å²) in [5.41, 5.74) is -0.419. The van der Waals surface area contributed by atoms with E-state index in [1.54, 1.807) is 17.5 Å². The van der Waals surface area contributed by atoms with Crippen LogP contribution in [0.15, 0.2) is 11.6 Å². The third-order valence-electron chi connectivity index (χ3n) is 2.62. The molecule has 0 radical (unpaired) electrons. The zero-order chi connectivity index (χ0) is 12.5. The number of rotatable bonds is 2. The molecule has 0 bridgehead atoms. The average molecular weight is 254 g/mol. The Morgan fingerprint density at radius 2 is 2.35 bits per heavy atom. The quantitative estimate of drug-likeness (QED) is 0.819. The number of ether oxygens (including phenoxy) is 1. The summed E-state index contributed by atoms with van der Waals surface area (Å²) in [6.45, 7) is 6.46. The molecule has 0 aliphatic carbocycles. The van der Waals surface area contributed by atoms with Crippen LogP contribution >= 0.6 is 11.3 Å². The highest BCUT2D eigenvalue weighted by atomic mass is 32.1. The van der Waals surface area contributed by atoms with Gasteiger partial charge in [-0.1, -0.05) is 0 Å². The molecule has 1 aromatic rings. The molecule has 0 aromatic carbocycles. The van der Waals surface area contributed by atoms with E-state index in [9.17, 15) is 4.79 Å². The van der Waals surface area contributed by atoms with Gasteiger partial charge in [-0.3, -0.25) is 4.79 Å². The second-order valence-corrected chi connectivity index (χ2v) is 6.22. The van der Waals surface area contributed by atoms with Gasteiger partial charge in [0.15, 0.2) is 0 Å². The van der Waals surface area contributed by atoms with Crippen LogP contribution in [0.3, 0.4) is 0 Å². The van der Waals surface area contributed by atoms with E-state index in [0.29, 0.717) is 5.92 Å². The third-order valence-corrected chi connectivity index (χ3v) is 3.56. The molecule has 4 nitrogen and oxygen atoms in total. The van der Waals surface area contributed by atoms with Gasteiger partial charge in [0, 0.05) is 24.0 Å². The largest absolute Gasteiger partial charge is 0.459 e. The molecule has 1 aliphatic heterocycles. The van der Waals surface area contributed by atoms with Gasteiger partial charge in [-0.15, -0.1) is 11.3 Å². The zero-order valence-electron chi connectivity index (χ0n) is 10.4. The predicted molar refractivity (Wildman–Crippen MR) is 67.1 cm³/mol. The van der Waals surface area contributed by atoms with Gasteiger partial charge in [0.05, 0.1) is 5.01 Å². The highest BCUT2D eigenvalue weighted by Gasteiger charge is 2.34. The van der Waals surface area contributed by atoms with Crippen LogP contribution in [0.5, 0.6) is 0 Å². The Balaban J connectivity index is 1.92. The molecule has 0 amide bonds. The van der Waals surface area contributed by atoms with E-state index in [1.165, 1.54) is 0 Å². The fourth-order valence-corrected chi connectivity index (χ4v) is 2.67. The van der Waals surface area contributed by atoms with Crippen LogP contribution in [-0.2, 0) is 9.53 Å². The molecule has 0 saturated carbocycles. The molecule has 1 aromatic heterocycles. The van der Waals surface area contributed by atoms with Crippen LogP contribution in [0.25, 0.3) is 0 Å². The van der Waals surface area contributed by atoms with Gasteiger partial charge in [0.2, 0.25) is 0 Å². The lowest BCUT2D eigenvalue weighted by atomic mass is 10.1. The number of nitrogens with zero attached hydrogens (tertiary/aromatic N) is 1. The fraction of sp³-hybridized carbons (Fsp3) is 0.667. The summed E-state index contributed by atoms with van der Waals surface area (Å²) >= 11 is 1.64. The van der Waals surface area contributed by atoms with Crippen molar-refractivity contribution >= 4 is 17.3 Å². The van der Waals surface area contributed by atoms with Crippen LogP contribution in [-0.4, -0.2) is 29.1 Å². The van der Waals surface area contributed by atoms with Crippen molar-refractivity contribution in [3.05, 3.63) is 16.6 Å². The highest BCUT2D eigenvalue weighted by Crippen LogP contribution is 2.28. The van der Waals surface area contributed by atoms with E-state index in [4.69, 9.17) is 4.74 Å². The van der Waals surface area contributed by atoms with Gasteiger partial charge in [-0.2, -0.15) is 0 Å². The summed E-state index contributed by atoms with van der Waals surface area (Å²) in [7, 11) is 0. The number of carbonyl (C=O) groups excluding carboxylic acids is 1. The van der Waals surface area contributed by atoms with Crippen molar-refractivity contribution in [3.8, 4) is 0 Å². The Morgan fingerprint density at radius 3 is 2.94 bits per heavy atom. The second kappa shape index (κ2) is 4.74. The molecule has 1 fully saturated rings. The van der Waals surface area contributed by atoms with E-state index in [0.717, 1.165) is 18.0 Å². The Bertz CT molecular complexity index is 384. The van der Waals surface area contributed by atoms with Crippen LogP contribution in [0.2, 0.25) is 0 Å². The van der Waals surface area contributed by atoms with E-state index in [2.05, 4.69) is 10.3 Å². The normalized spacial score (nSPS) is 24.9. The summed E-state index contributed by atoms with van der Waals surface area (Å²) in [5, 5.41) is 6.28. The Hall–Kier alpha value is -0.940. The van der Waals surface area contributed by atoms with Crippen LogP contribution in [0.4, 0.5) is 0 Å². The fourth-order valence-electron chi connectivity index (χ4n) is 1.91. The number of thiazole rings is 1. The first kappa shape index (κ1) is 12.5. The summed E-state index contributed by atoms with van der Waals surface area (Å²) in [5.74, 6) is 0.184. The van der Waals surface area contributed by atoms with E-state index in [1.807, 2.05) is 26.2 Å². The lowest BCUT2D eigenvalue weighted by molar-refractivity contribution is -0.157. The van der Waals surface area contributed by atoms with Crippen LogP contribution in [0.1, 0.15) is 38.1 Å². The maximum absolute atomic E-state index is 11.9. The standard InChI is InChI=1S/C12H18N2O2S/c1-12(2,3)16-11(15)9-6-8(7-14-9)10-13-4-5-17-10/h4-5,8-9,14H,6-7H2,1-3H3. The Labute approximate surface area is 105 Å². The minimum absolute atomic E-state index is 0.156. The molecule has 94 valence electrons. The Morgan fingerprint density at radius 1 is 1.59 bits per heavy atom. The first-order valence-corrected chi connectivity index (χ1v) is 6.69. The molecule has 1 saturated heterocycles. The number of nitrogens with one attached hydrogen (secondary N) is 1. The number of aromatic nitrogens is 1. The van der Waals surface area contributed by atoms with Gasteiger partial charge in [-0.05, 0) is 27.2 Å². The summed E-state index contributed by atoms with van der Waals surface area (Å²) in [4.78, 5) is 16.2. The van der Waals surface area contributed by atoms with Crippen LogP contribution in [0, 0.1) is 0 Å². The van der Waals surface area contributed by atoms with E-state index in [-0.39, 0.29) is 12.0 Å². The lowest BCUT2D eigenvalue weighted by Gasteiger charge is -2.22. The number of carbonyl (C=O) groups is 1. The molecule has 0 spiro atoms. The molecule has 1 aliphatic rings. The van der Waals surface area contributed by atoms with Crippen molar-refractivity contribution in [1.82, 2.24) is 10.3 Å². The summed E-state index contributed by atoms with van der Waals surface area (Å²) < 4.78 is 5.37. The molecule has 17 heavy (non-hydrogen) atoms. The molecule has 2 unspecified atom stereocenters. The van der Waals surface area contributed by atoms with Gasteiger partial charge in [-0.25, -0.2) is 4.98 Å². The van der Waals surface area contributed by atoms with E-state index < -0.39 is 5.60 Å². The Kier molecular flexibility index (Phi) is 3.49. The SMILES string of the molecule is CC(C)(C)OC(=O)C1CC(c2nccs2)CN1. The smallest absolute Gasteiger partial charge is 0.323 e. The molecule has 2 heterocycles. The summed E-state index contributed by atoms with van der Waals surface area (Å²) in [6, 6.07) is -0.192. The minimum Gasteiger partial charge on any atom is -0.459 e. The molecule has 2 rings (SSSR count).